The van der Waals surface area contributed by atoms with Gasteiger partial charge in [-0.05, 0) is 29.8 Å². The van der Waals surface area contributed by atoms with Crippen LogP contribution in [0.4, 0.5) is 13.2 Å². The van der Waals surface area contributed by atoms with Crippen molar-refractivity contribution >= 4 is 5.91 Å². The first-order valence-corrected chi connectivity index (χ1v) is 9.78. The number of alkyl halides is 3. The third-order valence-electron chi connectivity index (χ3n) is 5.25. The summed E-state index contributed by atoms with van der Waals surface area (Å²) in [6, 6.07) is 10.1. The van der Waals surface area contributed by atoms with Crippen molar-refractivity contribution in [1.82, 2.24) is 15.0 Å². The molecule has 0 saturated carbocycles. The van der Waals surface area contributed by atoms with E-state index in [2.05, 4.69) is 10.1 Å². The van der Waals surface area contributed by atoms with Gasteiger partial charge in [0.2, 0.25) is 5.91 Å². The van der Waals surface area contributed by atoms with E-state index in [-0.39, 0.29) is 37.2 Å². The van der Waals surface area contributed by atoms with Gasteiger partial charge in [0.15, 0.2) is 5.82 Å². The minimum atomic E-state index is -4.43. The van der Waals surface area contributed by atoms with E-state index in [4.69, 9.17) is 14.0 Å². The second-order valence-electron chi connectivity index (χ2n) is 7.43. The van der Waals surface area contributed by atoms with Crippen LogP contribution in [-0.4, -0.2) is 41.7 Å². The minimum Gasteiger partial charge on any atom is -0.497 e. The van der Waals surface area contributed by atoms with Gasteiger partial charge in [-0.25, -0.2) is 0 Å². The SMILES string of the molecule is COc1cc(OC)cc(-c2nc(C3CC(=O)N(Cc4cccc(C(F)(F)F)c4)C3)no2)c1. The molecule has 7 nitrogen and oxygen atoms in total. The Kier molecular flexibility index (Phi) is 5.77. The smallest absolute Gasteiger partial charge is 0.416 e. The van der Waals surface area contributed by atoms with Crippen LogP contribution in [0, 0.1) is 0 Å². The summed E-state index contributed by atoms with van der Waals surface area (Å²) >= 11 is 0. The van der Waals surface area contributed by atoms with Gasteiger partial charge in [-0.15, -0.1) is 0 Å². The first-order valence-electron chi connectivity index (χ1n) is 9.78. The van der Waals surface area contributed by atoms with Crippen molar-refractivity contribution in [3.63, 3.8) is 0 Å². The summed E-state index contributed by atoms with van der Waals surface area (Å²) in [7, 11) is 3.06. The Balaban J connectivity index is 1.49. The van der Waals surface area contributed by atoms with Gasteiger partial charge in [0.25, 0.3) is 5.89 Å². The number of benzene rings is 2. The molecule has 1 aliphatic heterocycles. The van der Waals surface area contributed by atoms with Crippen LogP contribution < -0.4 is 9.47 Å². The van der Waals surface area contributed by atoms with E-state index in [9.17, 15) is 18.0 Å². The van der Waals surface area contributed by atoms with E-state index < -0.39 is 11.7 Å². The summed E-state index contributed by atoms with van der Waals surface area (Å²) in [4.78, 5) is 18.4. The van der Waals surface area contributed by atoms with Gasteiger partial charge >= 0.3 is 6.18 Å². The first kappa shape index (κ1) is 21.7. The van der Waals surface area contributed by atoms with Gasteiger partial charge in [0.1, 0.15) is 11.5 Å². The number of carbonyl (C=O) groups excluding carboxylic acids is 1. The lowest BCUT2D eigenvalue weighted by Crippen LogP contribution is -2.24. The van der Waals surface area contributed by atoms with Crippen LogP contribution in [-0.2, 0) is 17.5 Å². The Morgan fingerprint density at radius 1 is 1.12 bits per heavy atom. The highest BCUT2D eigenvalue weighted by Crippen LogP contribution is 2.33. The standard InChI is InChI=1S/C22H20F3N3O4/c1-30-17-7-14(8-18(10-17)31-2)21-26-20(27-32-21)15-9-19(29)28(12-15)11-13-4-3-5-16(6-13)22(23,24)25/h3-8,10,15H,9,11-12H2,1-2H3. The molecule has 1 aliphatic rings. The van der Waals surface area contributed by atoms with Gasteiger partial charge < -0.3 is 18.9 Å². The molecule has 1 atom stereocenters. The van der Waals surface area contributed by atoms with E-state index in [0.29, 0.717) is 28.5 Å². The number of methoxy groups -OCH3 is 2. The van der Waals surface area contributed by atoms with Crippen LogP contribution >= 0.6 is 0 Å². The molecule has 1 fully saturated rings. The number of ether oxygens (including phenoxy) is 2. The maximum absolute atomic E-state index is 13.0. The van der Waals surface area contributed by atoms with E-state index >= 15 is 0 Å². The van der Waals surface area contributed by atoms with Gasteiger partial charge in [0, 0.05) is 37.1 Å². The monoisotopic (exact) mass is 447 g/mol. The predicted octanol–water partition coefficient (Wildman–Crippen LogP) is 4.29. The Labute approximate surface area is 181 Å². The number of aromatic nitrogens is 2. The van der Waals surface area contributed by atoms with Crippen LogP contribution in [0.1, 0.15) is 29.3 Å². The summed E-state index contributed by atoms with van der Waals surface area (Å²) in [5.74, 6) is 1.23. The fourth-order valence-corrected chi connectivity index (χ4v) is 3.61. The highest BCUT2D eigenvalue weighted by molar-refractivity contribution is 5.79. The van der Waals surface area contributed by atoms with Crippen molar-refractivity contribution in [2.75, 3.05) is 20.8 Å². The van der Waals surface area contributed by atoms with Crippen LogP contribution in [0.5, 0.6) is 11.5 Å². The molecule has 1 saturated heterocycles. The molecule has 32 heavy (non-hydrogen) atoms. The fraction of sp³-hybridized carbons (Fsp3) is 0.318. The Hall–Kier alpha value is -3.56. The molecule has 2 aromatic carbocycles. The normalized spacial score (nSPS) is 16.5. The predicted molar refractivity (Wildman–Crippen MR) is 107 cm³/mol. The zero-order valence-corrected chi connectivity index (χ0v) is 17.3. The maximum atomic E-state index is 13.0. The van der Waals surface area contributed by atoms with Crippen LogP contribution in [0.25, 0.3) is 11.5 Å². The molecule has 1 aromatic heterocycles. The second-order valence-corrected chi connectivity index (χ2v) is 7.43. The highest BCUT2D eigenvalue weighted by atomic mass is 19.4. The van der Waals surface area contributed by atoms with E-state index in [1.807, 2.05) is 0 Å². The number of hydrogen-bond donors (Lipinski definition) is 0. The molecule has 10 heteroatoms. The fourth-order valence-electron chi connectivity index (χ4n) is 3.61. The van der Waals surface area contributed by atoms with Crippen molar-refractivity contribution in [1.29, 1.82) is 0 Å². The van der Waals surface area contributed by atoms with Crippen molar-refractivity contribution < 1.29 is 32.0 Å². The number of halogens is 3. The highest BCUT2D eigenvalue weighted by Gasteiger charge is 2.35. The van der Waals surface area contributed by atoms with Gasteiger partial charge in [-0.2, -0.15) is 18.2 Å². The summed E-state index contributed by atoms with van der Waals surface area (Å²) in [5.41, 5.74) is 0.269. The first-order chi connectivity index (χ1) is 15.3. The number of rotatable bonds is 6. The molecule has 0 N–H and O–H groups in total. The Bertz CT molecular complexity index is 1110. The third-order valence-corrected chi connectivity index (χ3v) is 5.25. The molecular weight excluding hydrogens is 427 g/mol. The lowest BCUT2D eigenvalue weighted by molar-refractivity contribution is -0.137. The largest absolute Gasteiger partial charge is 0.497 e. The molecule has 3 aromatic rings. The maximum Gasteiger partial charge on any atom is 0.416 e. The number of likely N-dealkylation sites (tertiary alicyclic amines) is 1. The quantitative estimate of drug-likeness (QED) is 0.561. The van der Waals surface area contributed by atoms with Crippen LogP contribution in [0.2, 0.25) is 0 Å². The molecular formula is C22H20F3N3O4. The number of carbonyl (C=O) groups is 1. The number of hydrogen-bond acceptors (Lipinski definition) is 6. The van der Waals surface area contributed by atoms with Gasteiger partial charge in [0.05, 0.1) is 19.8 Å². The summed E-state index contributed by atoms with van der Waals surface area (Å²) in [6.45, 7) is 0.368. The van der Waals surface area contributed by atoms with Crippen molar-refractivity contribution in [2.45, 2.75) is 25.1 Å². The second kappa shape index (κ2) is 8.52. The van der Waals surface area contributed by atoms with Gasteiger partial charge in [-0.3, -0.25) is 4.79 Å². The third kappa shape index (κ3) is 4.53. The topological polar surface area (TPSA) is 77.7 Å². The molecule has 2 heterocycles. The molecule has 1 amide bonds. The van der Waals surface area contributed by atoms with Gasteiger partial charge in [-0.1, -0.05) is 17.3 Å². The molecule has 1 unspecified atom stereocenters. The van der Waals surface area contributed by atoms with Crippen LogP contribution in [0.3, 0.4) is 0 Å². The Morgan fingerprint density at radius 2 is 1.84 bits per heavy atom. The van der Waals surface area contributed by atoms with Crippen molar-refractivity contribution in [3.05, 3.63) is 59.4 Å². The lowest BCUT2D eigenvalue weighted by atomic mass is 10.1. The molecule has 0 radical (unpaired) electrons. The summed E-state index contributed by atoms with van der Waals surface area (Å²) < 4.78 is 54.7. The van der Waals surface area contributed by atoms with Crippen molar-refractivity contribution in [2.24, 2.45) is 0 Å². The van der Waals surface area contributed by atoms with E-state index in [1.54, 1.807) is 24.3 Å². The van der Waals surface area contributed by atoms with Crippen LogP contribution in [0.15, 0.2) is 47.0 Å². The zero-order chi connectivity index (χ0) is 22.9. The summed E-state index contributed by atoms with van der Waals surface area (Å²) in [5, 5.41) is 4.01. The molecule has 0 bridgehead atoms. The minimum absolute atomic E-state index is 0.0804. The molecule has 168 valence electrons. The summed E-state index contributed by atoms with van der Waals surface area (Å²) in [6.07, 6.45) is -4.28. The van der Waals surface area contributed by atoms with Crippen molar-refractivity contribution in [3.8, 4) is 23.0 Å². The lowest BCUT2D eigenvalue weighted by Gasteiger charge is -2.17. The average molecular weight is 447 g/mol. The Morgan fingerprint density at radius 3 is 2.50 bits per heavy atom. The van der Waals surface area contributed by atoms with E-state index in [0.717, 1.165) is 12.1 Å². The average Bonchev–Trinajstić information content (AvgIpc) is 3.40. The molecule has 0 aliphatic carbocycles. The molecule has 0 spiro atoms. The molecule has 4 rings (SSSR count). The number of nitrogens with zero attached hydrogens (tertiary/aromatic N) is 3. The number of amides is 1. The van der Waals surface area contributed by atoms with E-state index in [1.165, 1.54) is 25.2 Å². The zero-order valence-electron chi connectivity index (χ0n) is 17.3.